The van der Waals surface area contributed by atoms with Crippen LogP contribution in [0.3, 0.4) is 0 Å². The molecule has 1 amide bonds. The molecule has 7 nitrogen and oxygen atoms in total. The zero-order valence-electron chi connectivity index (χ0n) is 16.2. The van der Waals surface area contributed by atoms with Crippen molar-refractivity contribution >= 4 is 22.8 Å². The molecule has 0 bridgehead atoms. The van der Waals surface area contributed by atoms with Crippen LogP contribution in [0.25, 0.3) is 16.6 Å². The van der Waals surface area contributed by atoms with Gasteiger partial charge in [0.2, 0.25) is 0 Å². The molecule has 2 heterocycles. The molecule has 1 aliphatic rings. The minimum atomic E-state index is -4.85. The van der Waals surface area contributed by atoms with Gasteiger partial charge in [-0.15, -0.1) is 13.2 Å². The second kappa shape index (κ2) is 7.53. The Labute approximate surface area is 174 Å². The Morgan fingerprint density at radius 3 is 2.65 bits per heavy atom. The Hall–Kier alpha value is -3.69. The Morgan fingerprint density at radius 2 is 1.97 bits per heavy atom. The third kappa shape index (κ3) is 4.00. The summed E-state index contributed by atoms with van der Waals surface area (Å²) >= 11 is 0. The van der Waals surface area contributed by atoms with Crippen LogP contribution in [0.15, 0.2) is 42.5 Å². The molecule has 0 fully saturated rings. The van der Waals surface area contributed by atoms with E-state index in [9.17, 15) is 22.8 Å². The molecule has 0 radical (unpaired) electrons. The lowest BCUT2D eigenvalue weighted by Gasteiger charge is -2.13. The molecular weight excluding hydrogens is 417 g/mol. The average molecular weight is 434 g/mol. The molecule has 0 aliphatic carbocycles. The highest BCUT2D eigenvalue weighted by Crippen LogP contribution is 2.39. The predicted octanol–water partition coefficient (Wildman–Crippen LogP) is 3.67. The van der Waals surface area contributed by atoms with Crippen molar-refractivity contribution in [1.82, 2.24) is 4.57 Å². The summed E-state index contributed by atoms with van der Waals surface area (Å²) in [5, 5.41) is 0.508. The van der Waals surface area contributed by atoms with Crippen molar-refractivity contribution in [3.8, 4) is 17.2 Å². The average Bonchev–Trinajstić information content (AvgIpc) is 3.27. The van der Waals surface area contributed by atoms with Gasteiger partial charge in [0.15, 0.2) is 0 Å². The van der Waals surface area contributed by atoms with E-state index in [-0.39, 0.29) is 30.6 Å². The van der Waals surface area contributed by atoms with Gasteiger partial charge in [-0.05, 0) is 24.3 Å². The standard InChI is InChI=1S/C21H17F3N2O5/c1-29-19(27)7-12-10-30-18-8-13(3-5-15(12)18)26-16-9-14(31-21(22,23)24)4-2-11(16)6-17(26)20(25)28/h2-6,8-9,12H,7,10H2,1H3,(H2,25,28). The number of nitrogens with zero attached hydrogens (tertiary/aromatic N) is 1. The summed E-state index contributed by atoms with van der Waals surface area (Å²) in [7, 11) is 1.31. The van der Waals surface area contributed by atoms with E-state index in [1.807, 2.05) is 0 Å². The molecule has 31 heavy (non-hydrogen) atoms. The molecule has 0 saturated heterocycles. The molecule has 1 atom stereocenters. The van der Waals surface area contributed by atoms with E-state index in [2.05, 4.69) is 4.74 Å². The topological polar surface area (TPSA) is 92.8 Å². The first-order valence-electron chi connectivity index (χ1n) is 9.21. The molecule has 1 aromatic heterocycles. The lowest BCUT2D eigenvalue weighted by Crippen LogP contribution is -2.17. The summed E-state index contributed by atoms with van der Waals surface area (Å²) in [4.78, 5) is 23.6. The van der Waals surface area contributed by atoms with Crippen LogP contribution in [0, 0.1) is 0 Å². The number of rotatable bonds is 5. The summed E-state index contributed by atoms with van der Waals surface area (Å²) in [6, 6.07) is 10.3. The molecule has 3 aromatic rings. The number of carbonyl (C=O) groups excluding carboxylic acids is 2. The van der Waals surface area contributed by atoms with Crippen molar-refractivity contribution in [1.29, 1.82) is 0 Å². The van der Waals surface area contributed by atoms with Crippen molar-refractivity contribution in [3.63, 3.8) is 0 Å². The van der Waals surface area contributed by atoms with Gasteiger partial charge in [0.1, 0.15) is 17.2 Å². The van der Waals surface area contributed by atoms with Gasteiger partial charge < -0.3 is 24.5 Å². The molecule has 1 aliphatic heterocycles. The number of primary amides is 1. The first kappa shape index (κ1) is 20.6. The fourth-order valence-corrected chi connectivity index (χ4v) is 3.70. The first-order chi connectivity index (χ1) is 14.7. The van der Waals surface area contributed by atoms with Gasteiger partial charge in [0.25, 0.3) is 5.91 Å². The van der Waals surface area contributed by atoms with E-state index in [1.165, 1.54) is 29.9 Å². The Bertz CT molecular complexity index is 1190. The Kier molecular flexibility index (Phi) is 5.00. The number of alkyl halides is 3. The van der Waals surface area contributed by atoms with Gasteiger partial charge in [0.05, 0.1) is 31.3 Å². The molecule has 1 unspecified atom stereocenters. The van der Waals surface area contributed by atoms with Crippen LogP contribution in [-0.2, 0) is 9.53 Å². The number of fused-ring (bicyclic) bond motifs is 2. The zero-order valence-corrected chi connectivity index (χ0v) is 16.2. The highest BCUT2D eigenvalue weighted by Gasteiger charge is 2.32. The normalized spacial score (nSPS) is 15.4. The number of nitrogens with two attached hydrogens (primary N) is 1. The predicted molar refractivity (Wildman–Crippen MR) is 103 cm³/mol. The van der Waals surface area contributed by atoms with Crippen molar-refractivity contribution in [2.24, 2.45) is 5.73 Å². The summed E-state index contributed by atoms with van der Waals surface area (Å²) < 4.78 is 53.8. The molecule has 0 saturated carbocycles. The molecule has 0 spiro atoms. The number of aromatic nitrogens is 1. The van der Waals surface area contributed by atoms with E-state index >= 15 is 0 Å². The van der Waals surface area contributed by atoms with Gasteiger partial charge in [0, 0.05) is 29.0 Å². The van der Waals surface area contributed by atoms with Gasteiger partial charge in [-0.25, -0.2) is 0 Å². The van der Waals surface area contributed by atoms with Crippen molar-refractivity contribution < 1.29 is 37.0 Å². The van der Waals surface area contributed by atoms with E-state index in [0.29, 0.717) is 22.3 Å². The summed E-state index contributed by atoms with van der Waals surface area (Å²) in [6.45, 7) is 0.284. The number of benzene rings is 2. The lowest BCUT2D eigenvalue weighted by atomic mass is 9.97. The summed E-state index contributed by atoms with van der Waals surface area (Å²) in [5.74, 6) is -1.22. The number of hydrogen-bond acceptors (Lipinski definition) is 5. The zero-order chi connectivity index (χ0) is 22.3. The molecule has 2 aromatic carbocycles. The van der Waals surface area contributed by atoms with Crippen LogP contribution in [-0.4, -0.2) is 36.5 Å². The number of methoxy groups -OCH3 is 1. The maximum absolute atomic E-state index is 12.6. The largest absolute Gasteiger partial charge is 0.573 e. The van der Waals surface area contributed by atoms with Crippen LogP contribution < -0.4 is 15.2 Å². The van der Waals surface area contributed by atoms with E-state index in [0.717, 1.165) is 11.6 Å². The number of halogens is 3. The van der Waals surface area contributed by atoms with Crippen molar-refractivity contribution in [3.05, 3.63) is 53.7 Å². The fraction of sp³-hybridized carbons (Fsp3) is 0.238. The van der Waals surface area contributed by atoms with Gasteiger partial charge in [-0.1, -0.05) is 6.07 Å². The minimum Gasteiger partial charge on any atom is -0.493 e. The van der Waals surface area contributed by atoms with Crippen LogP contribution in [0.2, 0.25) is 0 Å². The van der Waals surface area contributed by atoms with Gasteiger partial charge in [-0.3, -0.25) is 9.59 Å². The number of ether oxygens (including phenoxy) is 3. The Morgan fingerprint density at radius 1 is 1.19 bits per heavy atom. The third-order valence-electron chi connectivity index (χ3n) is 5.04. The number of esters is 1. The van der Waals surface area contributed by atoms with Crippen LogP contribution in [0.5, 0.6) is 11.5 Å². The highest BCUT2D eigenvalue weighted by atomic mass is 19.4. The second-order valence-electron chi connectivity index (χ2n) is 7.01. The molecule has 10 heteroatoms. The summed E-state index contributed by atoms with van der Waals surface area (Å²) in [5.41, 5.74) is 7.16. The number of amides is 1. The first-order valence-corrected chi connectivity index (χ1v) is 9.21. The fourth-order valence-electron chi connectivity index (χ4n) is 3.70. The summed E-state index contributed by atoms with van der Waals surface area (Å²) in [6.07, 6.45) is -4.70. The van der Waals surface area contributed by atoms with Gasteiger partial charge in [-0.2, -0.15) is 0 Å². The monoisotopic (exact) mass is 434 g/mol. The third-order valence-corrected chi connectivity index (χ3v) is 5.04. The SMILES string of the molecule is COC(=O)CC1COc2cc(-n3c(C(N)=O)cc4ccc(OC(F)(F)F)cc43)ccc21. The van der Waals surface area contributed by atoms with Crippen LogP contribution in [0.4, 0.5) is 13.2 Å². The molecule has 2 N–H and O–H groups in total. The molecular formula is C21H17F3N2O5. The molecule has 162 valence electrons. The van der Waals surface area contributed by atoms with E-state index in [1.54, 1.807) is 18.2 Å². The second-order valence-corrected chi connectivity index (χ2v) is 7.01. The van der Waals surface area contributed by atoms with E-state index < -0.39 is 18.0 Å². The minimum absolute atomic E-state index is 0.0863. The van der Waals surface area contributed by atoms with E-state index in [4.69, 9.17) is 15.2 Å². The number of carbonyl (C=O) groups is 2. The quantitative estimate of drug-likeness (QED) is 0.619. The van der Waals surface area contributed by atoms with Crippen LogP contribution in [0.1, 0.15) is 28.4 Å². The smallest absolute Gasteiger partial charge is 0.493 e. The van der Waals surface area contributed by atoms with Gasteiger partial charge >= 0.3 is 12.3 Å². The van der Waals surface area contributed by atoms with Crippen molar-refractivity contribution in [2.45, 2.75) is 18.7 Å². The highest BCUT2D eigenvalue weighted by molar-refractivity contribution is 5.99. The number of hydrogen-bond donors (Lipinski definition) is 1. The van der Waals surface area contributed by atoms with Crippen molar-refractivity contribution in [2.75, 3.05) is 13.7 Å². The maximum Gasteiger partial charge on any atom is 0.573 e. The van der Waals surface area contributed by atoms with Crippen LogP contribution >= 0.6 is 0 Å². The lowest BCUT2D eigenvalue weighted by molar-refractivity contribution is -0.274. The molecule has 4 rings (SSSR count). The Balaban J connectivity index is 1.80. The maximum atomic E-state index is 12.6.